The predicted molar refractivity (Wildman–Crippen MR) is 92.5 cm³/mol. The Morgan fingerprint density at radius 2 is 1.85 bits per heavy atom. The minimum absolute atomic E-state index is 0.667. The van der Waals surface area contributed by atoms with Crippen LogP contribution in [0.3, 0.4) is 0 Å². The van der Waals surface area contributed by atoms with Gasteiger partial charge in [0.05, 0.1) is 0 Å². The van der Waals surface area contributed by atoms with Gasteiger partial charge in [-0.3, -0.25) is 4.79 Å². The Hall–Kier alpha value is -1.05. The quantitative estimate of drug-likeness (QED) is 0.357. The number of nitrogens with zero attached hydrogens (tertiary/aromatic N) is 1. The molecule has 20 heavy (non-hydrogen) atoms. The van der Waals surface area contributed by atoms with Crippen molar-refractivity contribution in [3.05, 3.63) is 53.6 Å². The molecule has 1 heterocycles. The van der Waals surface area contributed by atoms with Crippen LogP contribution >= 0.6 is 21.0 Å². The van der Waals surface area contributed by atoms with E-state index in [2.05, 4.69) is 60.5 Å². The number of likely N-dealkylation sites (tertiary alicyclic amines) is 1. The van der Waals surface area contributed by atoms with Crippen LogP contribution in [0, 0.1) is 0 Å². The van der Waals surface area contributed by atoms with Crippen LogP contribution in [0.2, 0.25) is 0 Å². The molecule has 0 amide bonds. The van der Waals surface area contributed by atoms with Gasteiger partial charge in [-0.25, -0.2) is 0 Å². The Bertz CT molecular complexity index is 439. The number of allylic oxidation sites excluding steroid dienone is 3. The zero-order valence-electron chi connectivity index (χ0n) is 11.9. The van der Waals surface area contributed by atoms with Crippen molar-refractivity contribution in [3.8, 4) is 0 Å². The fourth-order valence-electron chi connectivity index (χ4n) is 1.90. The van der Waals surface area contributed by atoms with Crippen molar-refractivity contribution in [2.45, 2.75) is 24.7 Å². The molecule has 2 nitrogen and oxygen atoms in total. The second-order valence-corrected chi connectivity index (χ2v) is 6.00. The Morgan fingerprint density at radius 3 is 2.45 bits per heavy atom. The molecular formula is C16H22NOPS. The second-order valence-electron chi connectivity index (χ2n) is 4.41. The molecule has 0 bridgehead atoms. The van der Waals surface area contributed by atoms with Crippen molar-refractivity contribution in [2.24, 2.45) is 0 Å². The van der Waals surface area contributed by atoms with E-state index in [1.54, 1.807) is 0 Å². The molecule has 108 valence electrons. The van der Waals surface area contributed by atoms with E-state index in [9.17, 15) is 0 Å². The molecular weight excluding hydrogens is 285 g/mol. The lowest BCUT2D eigenvalue weighted by atomic mass is 10.4. The van der Waals surface area contributed by atoms with Crippen LogP contribution < -0.4 is 0 Å². The number of carbonyl (C=O) groups excluding carboxylic acids is 1. The van der Waals surface area contributed by atoms with E-state index in [1.165, 1.54) is 35.7 Å². The zero-order chi connectivity index (χ0) is 14.6. The molecule has 0 spiro atoms. The summed E-state index contributed by atoms with van der Waals surface area (Å²) in [4.78, 5) is 13.8. The van der Waals surface area contributed by atoms with Gasteiger partial charge in [0.15, 0.2) is 0 Å². The molecule has 0 aliphatic carbocycles. The van der Waals surface area contributed by atoms with E-state index in [1.807, 2.05) is 21.0 Å². The van der Waals surface area contributed by atoms with Crippen molar-refractivity contribution >= 4 is 27.0 Å². The monoisotopic (exact) mass is 307 g/mol. The molecule has 1 atom stereocenters. The summed E-state index contributed by atoms with van der Waals surface area (Å²) >= 11 is 1.82. The maximum atomic E-state index is 8.77. The minimum atomic E-state index is 0.667. The summed E-state index contributed by atoms with van der Waals surface area (Å²) in [6.07, 6.45) is 9.24. The molecule has 4 heteroatoms. The number of thioether (sulfide) groups is 1. The van der Waals surface area contributed by atoms with Crippen LogP contribution in [-0.4, -0.2) is 24.0 Å². The van der Waals surface area contributed by atoms with Crippen LogP contribution in [-0.2, 0) is 4.79 Å². The van der Waals surface area contributed by atoms with E-state index >= 15 is 0 Å². The summed E-state index contributed by atoms with van der Waals surface area (Å²) in [6, 6.07) is 11.2. The van der Waals surface area contributed by atoms with Crippen LogP contribution in [0.4, 0.5) is 0 Å². The van der Waals surface area contributed by atoms with Gasteiger partial charge in [-0.2, -0.15) is 0 Å². The highest BCUT2D eigenvalue weighted by Gasteiger charge is 2.05. The van der Waals surface area contributed by atoms with Crippen molar-refractivity contribution in [1.82, 2.24) is 4.90 Å². The van der Waals surface area contributed by atoms with E-state index in [0.717, 1.165) is 0 Å². The first-order chi connectivity index (χ1) is 9.76. The molecule has 0 radical (unpaired) electrons. The molecule has 0 saturated carbocycles. The molecule has 1 aliphatic rings. The largest absolute Gasteiger partial charge is 0.377 e. The summed E-state index contributed by atoms with van der Waals surface area (Å²) in [6.45, 7) is 4.59. The summed E-state index contributed by atoms with van der Waals surface area (Å²) in [5.74, 6) is 0. The third kappa shape index (κ3) is 7.52. The van der Waals surface area contributed by atoms with Gasteiger partial charge in [-0.05, 0) is 49.1 Å². The summed E-state index contributed by atoms with van der Waals surface area (Å²) in [5, 5.41) is 0. The number of hydrogen-bond donors (Lipinski definition) is 0. The van der Waals surface area contributed by atoms with E-state index in [-0.39, 0.29) is 0 Å². The summed E-state index contributed by atoms with van der Waals surface area (Å²) < 4.78 is 0. The van der Waals surface area contributed by atoms with Gasteiger partial charge < -0.3 is 4.90 Å². The molecule has 1 fully saturated rings. The van der Waals surface area contributed by atoms with Gasteiger partial charge in [-0.15, -0.1) is 0 Å². The van der Waals surface area contributed by atoms with E-state index in [4.69, 9.17) is 4.79 Å². The molecule has 1 saturated heterocycles. The Labute approximate surface area is 128 Å². The molecule has 2 rings (SSSR count). The summed E-state index contributed by atoms with van der Waals surface area (Å²) in [7, 11) is 1.90. The van der Waals surface area contributed by atoms with Crippen LogP contribution in [0.15, 0.2) is 58.5 Å². The Balaban J connectivity index is 0.000000612. The lowest BCUT2D eigenvalue weighted by molar-refractivity contribution is 0.468. The standard InChI is InChI=1S/C15H19NS.CH3OP/c1-14(17-15-9-3-2-4-10-15)8-7-13-16-11-5-6-12-16;2-1-3/h2-4,7-10,13H,5-6,11-12H2,1H3;1H,3H2/b13-7+,14-8+;. The lowest BCUT2D eigenvalue weighted by Crippen LogP contribution is -2.09. The third-order valence-electron chi connectivity index (χ3n) is 2.79. The molecule has 0 N–H and O–H groups in total. The van der Waals surface area contributed by atoms with Crippen molar-refractivity contribution in [1.29, 1.82) is 0 Å². The van der Waals surface area contributed by atoms with Crippen molar-refractivity contribution < 1.29 is 4.79 Å². The Kier molecular flexibility index (Phi) is 9.10. The first-order valence-corrected chi connectivity index (χ1v) is 8.22. The van der Waals surface area contributed by atoms with E-state index in [0.29, 0.717) is 6.03 Å². The van der Waals surface area contributed by atoms with Gasteiger partial charge in [-0.1, -0.05) is 45.3 Å². The average molecular weight is 307 g/mol. The zero-order valence-corrected chi connectivity index (χ0v) is 13.8. The normalized spacial score (nSPS) is 15.1. The average Bonchev–Trinajstić information content (AvgIpc) is 2.94. The fourth-order valence-corrected chi connectivity index (χ4v) is 2.71. The second kappa shape index (κ2) is 10.7. The van der Waals surface area contributed by atoms with Gasteiger partial charge in [0.25, 0.3) is 0 Å². The maximum Gasteiger partial charge on any atom is 0.135 e. The molecule has 1 aromatic rings. The topological polar surface area (TPSA) is 20.3 Å². The van der Waals surface area contributed by atoms with Crippen LogP contribution in [0.25, 0.3) is 0 Å². The van der Waals surface area contributed by atoms with Gasteiger partial charge in [0.1, 0.15) is 6.03 Å². The van der Waals surface area contributed by atoms with Crippen LogP contribution in [0.5, 0.6) is 0 Å². The van der Waals surface area contributed by atoms with Crippen molar-refractivity contribution in [3.63, 3.8) is 0 Å². The highest BCUT2D eigenvalue weighted by atomic mass is 32.2. The maximum absolute atomic E-state index is 8.77. The SMILES string of the molecule is C/C(=C\C=C\N1CCCC1)Sc1ccccc1.O=CP. The first-order valence-electron chi connectivity index (χ1n) is 6.73. The number of hydrogen-bond acceptors (Lipinski definition) is 3. The predicted octanol–water partition coefficient (Wildman–Crippen LogP) is 4.34. The van der Waals surface area contributed by atoms with E-state index < -0.39 is 0 Å². The highest BCUT2D eigenvalue weighted by molar-refractivity contribution is 8.03. The third-order valence-corrected chi connectivity index (χ3v) is 3.76. The van der Waals surface area contributed by atoms with Gasteiger partial charge >= 0.3 is 0 Å². The van der Waals surface area contributed by atoms with Gasteiger partial charge in [0, 0.05) is 18.0 Å². The first kappa shape index (κ1) is 17.0. The summed E-state index contributed by atoms with van der Waals surface area (Å²) in [5.41, 5.74) is 0. The number of benzene rings is 1. The molecule has 1 unspecified atom stereocenters. The van der Waals surface area contributed by atoms with Crippen LogP contribution in [0.1, 0.15) is 19.8 Å². The van der Waals surface area contributed by atoms with Crippen molar-refractivity contribution in [2.75, 3.05) is 13.1 Å². The Morgan fingerprint density at radius 1 is 1.25 bits per heavy atom. The minimum Gasteiger partial charge on any atom is -0.377 e. The fraction of sp³-hybridized carbons (Fsp3) is 0.312. The lowest BCUT2D eigenvalue weighted by Gasteiger charge is -2.09. The molecule has 1 aromatic carbocycles. The smallest absolute Gasteiger partial charge is 0.135 e. The van der Waals surface area contributed by atoms with Gasteiger partial charge in [0.2, 0.25) is 0 Å². The number of rotatable bonds is 4. The number of carbonyl (C=O) groups is 1. The molecule has 1 aliphatic heterocycles. The highest BCUT2D eigenvalue weighted by Crippen LogP contribution is 2.25. The molecule has 0 aromatic heterocycles.